The first kappa shape index (κ1) is 33.6. The smallest absolute Gasteiger partial charge is 0.351 e. The van der Waals surface area contributed by atoms with Gasteiger partial charge in [0.15, 0.2) is 12.3 Å². The third-order valence-electron chi connectivity index (χ3n) is 6.75. The lowest BCUT2D eigenvalue weighted by Gasteiger charge is -2.31. The monoisotopic (exact) mass is 643 g/mol. The maximum atomic E-state index is 13.8. The predicted octanol–water partition coefficient (Wildman–Crippen LogP) is 2.94. The number of carbonyl (C=O) groups excluding carboxylic acids is 1. The molecule has 0 bridgehead atoms. The molecule has 6 atom stereocenters. The van der Waals surface area contributed by atoms with Crippen molar-refractivity contribution in [3.63, 3.8) is 0 Å². The van der Waals surface area contributed by atoms with Crippen molar-refractivity contribution in [3.05, 3.63) is 99.4 Å². The number of para-hydroxylation sites is 1. The predicted molar refractivity (Wildman–Crippen MR) is 160 cm³/mol. The number of benzene rings is 2. The summed E-state index contributed by atoms with van der Waals surface area (Å²) in [6.45, 7) is 2.78. The fourth-order valence-electron chi connectivity index (χ4n) is 4.53. The summed E-state index contributed by atoms with van der Waals surface area (Å²) in [6.07, 6.45) is -4.00. The Hall–Kier alpha value is -4.27. The Kier molecular flexibility index (Phi) is 11.3. The van der Waals surface area contributed by atoms with Crippen molar-refractivity contribution >= 4 is 20.0 Å². The van der Waals surface area contributed by atoms with Gasteiger partial charge in [0, 0.05) is 11.1 Å². The molecule has 16 nitrogen and oxygen atoms in total. The minimum absolute atomic E-state index is 0.0477. The number of hydrogen-bond donors (Lipinski definition) is 3. The van der Waals surface area contributed by atoms with Gasteiger partial charge in [0.1, 0.15) is 30.4 Å². The summed E-state index contributed by atoms with van der Waals surface area (Å²) in [5, 5.41) is 25.2. The summed E-state index contributed by atoms with van der Waals surface area (Å²) in [5.41, 5.74) is 12.3. The number of esters is 1. The normalized spacial score (nSPS) is 22.5. The van der Waals surface area contributed by atoms with Crippen LogP contribution < -0.4 is 16.3 Å². The van der Waals surface area contributed by atoms with Gasteiger partial charge in [-0.25, -0.2) is 4.79 Å². The zero-order chi connectivity index (χ0) is 32.6. The summed E-state index contributed by atoms with van der Waals surface area (Å²) >= 11 is 0. The number of anilines is 1. The second kappa shape index (κ2) is 15.1. The van der Waals surface area contributed by atoms with Gasteiger partial charge in [0.2, 0.25) is 5.72 Å². The van der Waals surface area contributed by atoms with E-state index in [1.165, 1.54) is 12.3 Å². The highest BCUT2D eigenvalue weighted by Gasteiger charge is 2.56. The van der Waals surface area contributed by atoms with Gasteiger partial charge in [-0.2, -0.15) is 4.98 Å². The topological polar surface area (TPSA) is 224 Å². The van der Waals surface area contributed by atoms with Gasteiger partial charge in [-0.3, -0.25) is 13.9 Å². The first-order chi connectivity index (χ1) is 21.5. The molecule has 0 aliphatic carbocycles. The third kappa shape index (κ3) is 8.26. The fraction of sp³-hybridized carbons (Fsp3) is 0.393. The number of hydroxylamine groups is 1. The second-order valence-electron chi connectivity index (χ2n) is 10.5. The van der Waals surface area contributed by atoms with Crippen LogP contribution in [-0.4, -0.2) is 61.1 Å². The van der Waals surface area contributed by atoms with E-state index in [1.54, 1.807) is 54.6 Å². The molecule has 1 aliphatic heterocycles. The number of nitrogens with zero attached hydrogens (tertiary/aromatic N) is 6. The lowest BCUT2D eigenvalue weighted by molar-refractivity contribution is -0.159. The van der Waals surface area contributed by atoms with Gasteiger partial charge in [0.25, 0.3) is 8.18 Å². The number of hydrogen-bond acceptors (Lipinski definition) is 12. The van der Waals surface area contributed by atoms with Crippen molar-refractivity contribution < 1.29 is 38.4 Å². The van der Waals surface area contributed by atoms with Gasteiger partial charge < -0.3 is 34.8 Å². The molecule has 1 aromatic heterocycles. The molecule has 2 heterocycles. The van der Waals surface area contributed by atoms with Crippen LogP contribution in [0.4, 0.5) is 5.82 Å². The summed E-state index contributed by atoms with van der Waals surface area (Å²) in [6, 6.07) is 17.3. The Balaban J connectivity index is 1.60. The number of nitrogen functional groups attached to an aromatic ring is 1. The highest BCUT2D eigenvalue weighted by atomic mass is 31.1. The van der Waals surface area contributed by atoms with Crippen LogP contribution in [0.3, 0.4) is 0 Å². The Morgan fingerprint density at radius 3 is 2.49 bits per heavy atom. The van der Waals surface area contributed by atoms with Crippen LogP contribution in [0.15, 0.2) is 82.8 Å². The van der Waals surface area contributed by atoms with Crippen molar-refractivity contribution in [2.24, 2.45) is 11.0 Å². The van der Waals surface area contributed by atoms with Crippen molar-refractivity contribution in [3.8, 4) is 5.75 Å². The standard InChI is InChI=1S/C28H34N7O9P/c1-18(2)15-21(26(38)41-16-19-9-5-3-6-10-19)35(44-20-11-7-4-8-12-20)45(40)42-17-28(32-33-30)24(37)23(36)25(43-28)34-14-13-22(29)31-27(34)39/h3-14,18,21,23-25,36-37,45H,15-17H2,1-2H3,(H2,29,31,39)/t21?,23-,24+,25-,28-/m1/s1. The number of ether oxygens (including phenoxy) is 2. The zero-order valence-corrected chi connectivity index (χ0v) is 25.4. The average Bonchev–Trinajstić information content (AvgIpc) is 3.26. The van der Waals surface area contributed by atoms with Crippen molar-refractivity contribution in [1.82, 2.24) is 14.4 Å². The van der Waals surface area contributed by atoms with Gasteiger partial charge in [0.05, 0.1) is 6.61 Å². The van der Waals surface area contributed by atoms with Crippen molar-refractivity contribution in [1.29, 1.82) is 0 Å². The summed E-state index contributed by atoms with van der Waals surface area (Å²) in [7, 11) is -3.57. The van der Waals surface area contributed by atoms with E-state index >= 15 is 0 Å². The van der Waals surface area contributed by atoms with Crippen molar-refractivity contribution in [2.45, 2.75) is 57.1 Å². The first-order valence-electron chi connectivity index (χ1n) is 13.9. The number of aliphatic hydroxyl groups excluding tert-OH is 2. The molecule has 17 heteroatoms. The van der Waals surface area contributed by atoms with E-state index in [0.717, 1.165) is 15.0 Å². The van der Waals surface area contributed by atoms with Crippen LogP contribution in [0.2, 0.25) is 0 Å². The molecule has 0 saturated carbocycles. The van der Waals surface area contributed by atoms with Crippen LogP contribution in [0.5, 0.6) is 5.75 Å². The molecule has 2 aromatic carbocycles. The molecule has 240 valence electrons. The molecule has 1 fully saturated rings. The quantitative estimate of drug-likeness (QED) is 0.0576. The highest BCUT2D eigenvalue weighted by Crippen LogP contribution is 2.42. The Bertz CT molecular complexity index is 1570. The Morgan fingerprint density at radius 1 is 1.20 bits per heavy atom. The largest absolute Gasteiger partial charge is 0.460 e. The van der Waals surface area contributed by atoms with Gasteiger partial charge >= 0.3 is 11.7 Å². The number of carbonyl (C=O) groups is 1. The van der Waals surface area contributed by atoms with Gasteiger partial charge in [-0.05, 0) is 41.6 Å². The molecule has 1 aliphatic rings. The first-order valence-corrected chi connectivity index (χ1v) is 15.2. The van der Waals surface area contributed by atoms with Gasteiger partial charge in [-0.1, -0.05) is 72.3 Å². The van der Waals surface area contributed by atoms with E-state index in [4.69, 9.17) is 24.6 Å². The van der Waals surface area contributed by atoms with Gasteiger partial charge in [-0.15, -0.1) is 0 Å². The van der Waals surface area contributed by atoms with Crippen molar-refractivity contribution in [2.75, 3.05) is 12.3 Å². The molecule has 45 heavy (non-hydrogen) atoms. The SMILES string of the molecule is CC(C)CC(C(=O)OCc1ccccc1)N(Oc1ccccc1)[PH](=O)OC[C@@]1(N=[N+]=[N-])O[C@@H](n2ccc(N)nc2=O)[C@H](O)[C@@H]1O. The molecule has 2 unspecified atom stereocenters. The maximum absolute atomic E-state index is 13.8. The minimum atomic E-state index is -3.57. The molecule has 4 rings (SSSR count). The summed E-state index contributed by atoms with van der Waals surface area (Å²) in [5.74, 6) is -0.688. The summed E-state index contributed by atoms with van der Waals surface area (Å²) < 4.78 is 31.5. The lowest BCUT2D eigenvalue weighted by Crippen LogP contribution is -2.45. The molecule has 3 aromatic rings. The van der Waals surface area contributed by atoms with E-state index in [1.807, 2.05) is 19.9 Å². The second-order valence-corrected chi connectivity index (χ2v) is 11.8. The van der Waals surface area contributed by atoms with E-state index in [0.29, 0.717) is 0 Å². The Labute approximate surface area is 258 Å². The fourth-order valence-corrected chi connectivity index (χ4v) is 5.63. The van der Waals surface area contributed by atoms with E-state index in [2.05, 4.69) is 15.0 Å². The van der Waals surface area contributed by atoms with Crippen LogP contribution in [0.1, 0.15) is 32.1 Å². The van der Waals surface area contributed by atoms with E-state index in [9.17, 15) is 29.9 Å². The molecular weight excluding hydrogens is 609 g/mol. The van der Waals surface area contributed by atoms with E-state index < -0.39 is 56.6 Å². The maximum Gasteiger partial charge on any atom is 0.351 e. The van der Waals surface area contributed by atoms with E-state index in [-0.39, 0.29) is 30.5 Å². The molecule has 1 saturated heterocycles. The third-order valence-corrected chi connectivity index (χ3v) is 7.90. The number of azide groups is 1. The number of rotatable bonds is 14. The average molecular weight is 644 g/mol. The molecule has 0 radical (unpaired) electrons. The van der Waals surface area contributed by atoms with Crippen LogP contribution in [0.25, 0.3) is 10.4 Å². The Morgan fingerprint density at radius 2 is 1.87 bits per heavy atom. The highest BCUT2D eigenvalue weighted by molar-refractivity contribution is 7.36. The summed E-state index contributed by atoms with van der Waals surface area (Å²) in [4.78, 5) is 38.9. The molecule has 0 spiro atoms. The van der Waals surface area contributed by atoms with Crippen LogP contribution >= 0.6 is 8.18 Å². The molecule has 4 N–H and O–H groups in total. The number of aliphatic hydroxyl groups is 2. The zero-order valence-electron chi connectivity index (χ0n) is 24.4. The van der Waals surface area contributed by atoms with Crippen LogP contribution in [-0.2, 0) is 30.0 Å². The molecule has 0 amide bonds. The number of nitrogens with two attached hydrogens (primary N) is 1. The van der Waals surface area contributed by atoms with Crippen LogP contribution in [0, 0.1) is 5.92 Å². The molecular formula is C28H34N7O9P. The number of aromatic nitrogens is 2. The lowest BCUT2D eigenvalue weighted by atomic mass is 10.0. The minimum Gasteiger partial charge on any atom is -0.460 e.